The van der Waals surface area contributed by atoms with Crippen LogP contribution in [0.4, 0.5) is 11.4 Å². The van der Waals surface area contributed by atoms with Crippen molar-refractivity contribution in [3.8, 4) is 0 Å². The normalized spacial score (nSPS) is 12.0. The van der Waals surface area contributed by atoms with Gasteiger partial charge >= 0.3 is 0 Å². The van der Waals surface area contributed by atoms with Crippen molar-refractivity contribution in [1.29, 1.82) is 0 Å². The van der Waals surface area contributed by atoms with Crippen molar-refractivity contribution < 1.29 is 22.9 Å². The van der Waals surface area contributed by atoms with Gasteiger partial charge in [0.25, 0.3) is 5.69 Å². The van der Waals surface area contributed by atoms with Gasteiger partial charge in [0.2, 0.25) is 21.8 Å². The van der Waals surface area contributed by atoms with Gasteiger partial charge in [-0.05, 0) is 31.0 Å². The molecule has 0 bridgehead atoms. The highest BCUT2D eigenvalue weighted by Gasteiger charge is 2.32. The number of unbranched alkanes of at least 4 members (excludes halogenated alkanes) is 1. The van der Waals surface area contributed by atoms with Crippen LogP contribution in [0.5, 0.6) is 0 Å². The summed E-state index contributed by atoms with van der Waals surface area (Å²) < 4.78 is 26.1. The van der Waals surface area contributed by atoms with E-state index in [-0.39, 0.29) is 34.4 Å². The Balaban J connectivity index is 2.50. The highest BCUT2D eigenvalue weighted by Crippen LogP contribution is 2.28. The summed E-state index contributed by atoms with van der Waals surface area (Å²) in [5.74, 6) is -1.10. The maximum Gasteiger partial charge on any atom is 0.271 e. The molecule has 1 N–H and O–H groups in total. The second kappa shape index (κ2) is 13.6. The first-order chi connectivity index (χ1) is 17.4. The molecule has 2 aromatic carbocycles. The Morgan fingerprint density at radius 2 is 1.73 bits per heavy atom. The average Bonchev–Trinajstić information content (AvgIpc) is 2.83. The number of benzene rings is 2. The lowest BCUT2D eigenvalue weighted by molar-refractivity contribution is -0.384. The molecule has 13 heteroatoms. The fraction of sp³-hybridized carbons (Fsp3) is 0.417. The summed E-state index contributed by atoms with van der Waals surface area (Å²) in [7, 11) is -4.04. The van der Waals surface area contributed by atoms with Gasteiger partial charge in [0.1, 0.15) is 12.6 Å². The van der Waals surface area contributed by atoms with Crippen molar-refractivity contribution in [1.82, 2.24) is 10.2 Å². The van der Waals surface area contributed by atoms with Crippen LogP contribution in [0, 0.1) is 10.1 Å². The monoisotopic (exact) mass is 572 g/mol. The van der Waals surface area contributed by atoms with E-state index in [2.05, 4.69) is 5.32 Å². The van der Waals surface area contributed by atoms with Crippen molar-refractivity contribution in [2.45, 2.75) is 45.7 Å². The van der Waals surface area contributed by atoms with Crippen LogP contribution in [0.3, 0.4) is 0 Å². The summed E-state index contributed by atoms with van der Waals surface area (Å²) in [6, 6.07) is 8.85. The molecule has 0 radical (unpaired) electrons. The molecule has 0 fully saturated rings. The van der Waals surface area contributed by atoms with Crippen LogP contribution in [-0.2, 0) is 26.2 Å². The average molecular weight is 573 g/mol. The number of nitro benzene ring substituents is 1. The number of amides is 2. The lowest BCUT2D eigenvalue weighted by Crippen LogP contribution is -2.52. The number of anilines is 1. The van der Waals surface area contributed by atoms with E-state index in [4.69, 9.17) is 23.2 Å². The largest absolute Gasteiger partial charge is 0.354 e. The smallest absolute Gasteiger partial charge is 0.271 e. The molecule has 2 aromatic rings. The Morgan fingerprint density at radius 3 is 2.27 bits per heavy atom. The molecule has 0 heterocycles. The third-order valence-corrected chi connectivity index (χ3v) is 7.46. The first-order valence-corrected chi connectivity index (χ1v) is 14.2. The number of sulfonamides is 1. The minimum absolute atomic E-state index is 0.0544. The van der Waals surface area contributed by atoms with Crippen LogP contribution in [-0.4, -0.2) is 55.4 Å². The van der Waals surface area contributed by atoms with Crippen LogP contribution in [0.2, 0.25) is 10.0 Å². The molecule has 10 nitrogen and oxygen atoms in total. The van der Waals surface area contributed by atoms with Crippen LogP contribution < -0.4 is 9.62 Å². The lowest BCUT2D eigenvalue weighted by Gasteiger charge is -2.33. The summed E-state index contributed by atoms with van der Waals surface area (Å²) in [5.41, 5.74) is 0.0153. The molecule has 202 valence electrons. The van der Waals surface area contributed by atoms with E-state index in [0.29, 0.717) is 12.1 Å². The highest BCUT2D eigenvalue weighted by molar-refractivity contribution is 7.92. The van der Waals surface area contributed by atoms with Crippen molar-refractivity contribution in [3.63, 3.8) is 0 Å². The summed E-state index contributed by atoms with van der Waals surface area (Å²) in [5, 5.41) is 14.6. The number of rotatable bonds is 13. The lowest BCUT2D eigenvalue weighted by atomic mass is 10.1. The molecule has 0 spiro atoms. The van der Waals surface area contributed by atoms with Crippen LogP contribution >= 0.6 is 23.2 Å². The van der Waals surface area contributed by atoms with Crippen molar-refractivity contribution >= 4 is 56.4 Å². The standard InChI is InChI=1S/C24H30Cl2N4O6S/c1-4-6-13-27-24(32)22(5-2)28(15-19-20(25)11-8-12-21(19)26)23(31)16-29(37(3,35)36)17-9-7-10-18(14-17)30(33)34/h7-12,14,22H,4-6,13,15-16H2,1-3H3,(H,27,32). The second-order valence-corrected chi connectivity index (χ2v) is 11.1. The van der Waals surface area contributed by atoms with Gasteiger partial charge in [-0.3, -0.25) is 24.0 Å². The highest BCUT2D eigenvalue weighted by atomic mass is 35.5. The third-order valence-electron chi connectivity index (χ3n) is 5.61. The topological polar surface area (TPSA) is 130 Å². The summed E-state index contributed by atoms with van der Waals surface area (Å²) >= 11 is 12.7. The van der Waals surface area contributed by atoms with E-state index in [0.717, 1.165) is 29.5 Å². The minimum atomic E-state index is -4.04. The number of hydrogen-bond acceptors (Lipinski definition) is 6. The molecule has 37 heavy (non-hydrogen) atoms. The van der Waals surface area contributed by atoms with Gasteiger partial charge in [-0.1, -0.05) is 55.6 Å². The van der Waals surface area contributed by atoms with E-state index in [1.54, 1.807) is 25.1 Å². The van der Waals surface area contributed by atoms with E-state index >= 15 is 0 Å². The third kappa shape index (κ3) is 8.31. The molecule has 0 saturated carbocycles. The molecule has 1 unspecified atom stereocenters. The quantitative estimate of drug-likeness (QED) is 0.215. The zero-order valence-electron chi connectivity index (χ0n) is 20.8. The molecule has 1 atom stereocenters. The first kappa shape index (κ1) is 30.3. The van der Waals surface area contributed by atoms with Gasteiger partial charge in [-0.15, -0.1) is 0 Å². The van der Waals surface area contributed by atoms with Crippen molar-refractivity contribution in [2.75, 3.05) is 23.7 Å². The molecule has 0 aliphatic rings. The Hall–Kier alpha value is -2.89. The van der Waals surface area contributed by atoms with Gasteiger partial charge in [0, 0.05) is 40.8 Å². The predicted molar refractivity (Wildman–Crippen MR) is 144 cm³/mol. The number of carbonyl (C=O) groups is 2. The molecule has 2 amide bonds. The zero-order valence-corrected chi connectivity index (χ0v) is 23.1. The van der Waals surface area contributed by atoms with Crippen molar-refractivity contribution in [2.24, 2.45) is 0 Å². The van der Waals surface area contributed by atoms with Gasteiger partial charge in [0.15, 0.2) is 0 Å². The zero-order chi connectivity index (χ0) is 27.8. The fourth-order valence-electron chi connectivity index (χ4n) is 3.65. The number of non-ortho nitro benzene ring substituents is 1. The molecule has 0 saturated heterocycles. The molecule has 2 rings (SSSR count). The van der Waals surface area contributed by atoms with Gasteiger partial charge < -0.3 is 10.2 Å². The van der Waals surface area contributed by atoms with Gasteiger partial charge in [-0.2, -0.15) is 0 Å². The molecule has 0 aliphatic heterocycles. The number of nitrogens with zero attached hydrogens (tertiary/aromatic N) is 3. The Bertz CT molecular complexity index is 1220. The Morgan fingerprint density at radius 1 is 1.11 bits per heavy atom. The van der Waals surface area contributed by atoms with Crippen LogP contribution in [0.15, 0.2) is 42.5 Å². The molecular formula is C24H30Cl2N4O6S. The summed E-state index contributed by atoms with van der Waals surface area (Å²) in [4.78, 5) is 38.5. The number of carbonyl (C=O) groups excluding carboxylic acids is 2. The maximum atomic E-state index is 13.7. The van der Waals surface area contributed by atoms with Gasteiger partial charge in [0.05, 0.1) is 16.9 Å². The van der Waals surface area contributed by atoms with E-state index in [1.165, 1.54) is 23.1 Å². The van der Waals surface area contributed by atoms with E-state index < -0.39 is 39.3 Å². The first-order valence-electron chi connectivity index (χ1n) is 11.6. The Kier molecular flexibility index (Phi) is 11.1. The molecule has 0 aromatic heterocycles. The number of nitrogens with one attached hydrogen (secondary N) is 1. The number of halogens is 2. The van der Waals surface area contributed by atoms with Gasteiger partial charge in [-0.25, -0.2) is 8.42 Å². The fourth-order valence-corrected chi connectivity index (χ4v) is 5.01. The SMILES string of the molecule is CCCCNC(=O)C(CC)N(Cc1c(Cl)cccc1Cl)C(=O)CN(c1cccc([N+](=O)[O-])c1)S(C)(=O)=O. The number of hydrogen-bond donors (Lipinski definition) is 1. The minimum Gasteiger partial charge on any atom is -0.354 e. The van der Waals surface area contributed by atoms with Crippen LogP contribution in [0.25, 0.3) is 0 Å². The van der Waals surface area contributed by atoms with E-state index in [1.807, 2.05) is 6.92 Å². The molecular weight excluding hydrogens is 543 g/mol. The second-order valence-electron chi connectivity index (χ2n) is 8.34. The Labute approximate surface area is 226 Å². The van der Waals surface area contributed by atoms with E-state index in [9.17, 15) is 28.1 Å². The summed E-state index contributed by atoms with van der Waals surface area (Å²) in [6.45, 7) is 3.29. The predicted octanol–water partition coefficient (Wildman–Crippen LogP) is 4.39. The maximum absolute atomic E-state index is 13.7. The van der Waals surface area contributed by atoms with Crippen LogP contribution in [0.1, 0.15) is 38.7 Å². The molecule has 0 aliphatic carbocycles. The summed E-state index contributed by atoms with van der Waals surface area (Å²) in [6.07, 6.45) is 2.74. The van der Waals surface area contributed by atoms with Crippen molar-refractivity contribution in [3.05, 3.63) is 68.2 Å². The number of nitro groups is 1.